The molecule has 4 aromatic rings. The molecule has 6 nitrogen and oxygen atoms in total. The zero-order chi connectivity index (χ0) is 27.1. The van der Waals surface area contributed by atoms with E-state index in [4.69, 9.17) is 25.8 Å². The van der Waals surface area contributed by atoms with Gasteiger partial charge in [0.1, 0.15) is 29.0 Å². The second-order valence-electron chi connectivity index (χ2n) is 8.08. The molecule has 0 saturated heterocycles. The van der Waals surface area contributed by atoms with E-state index >= 15 is 4.39 Å². The van der Waals surface area contributed by atoms with E-state index in [1.54, 1.807) is 51.1 Å². The molecule has 0 aliphatic heterocycles. The number of ether oxygens (including phenoxy) is 3. The van der Waals surface area contributed by atoms with Gasteiger partial charge in [-0.2, -0.15) is 0 Å². The number of halogens is 3. The number of thiazole rings is 1. The van der Waals surface area contributed by atoms with E-state index in [0.29, 0.717) is 50.6 Å². The highest BCUT2D eigenvalue weighted by Crippen LogP contribution is 2.38. The lowest BCUT2D eigenvalue weighted by Gasteiger charge is -2.23. The van der Waals surface area contributed by atoms with Gasteiger partial charge in [-0.25, -0.2) is 13.8 Å². The van der Waals surface area contributed by atoms with E-state index < -0.39 is 5.82 Å². The zero-order valence-electron chi connectivity index (χ0n) is 21.0. The summed E-state index contributed by atoms with van der Waals surface area (Å²) in [7, 11) is 4.72. The molecule has 0 unspecified atom stereocenters. The topological polar surface area (TPSA) is 55.9 Å². The summed E-state index contributed by atoms with van der Waals surface area (Å²) in [6.07, 6.45) is 0. The van der Waals surface area contributed by atoms with Gasteiger partial charge in [0.15, 0.2) is 0 Å². The van der Waals surface area contributed by atoms with Crippen LogP contribution in [0, 0.1) is 11.6 Å². The van der Waals surface area contributed by atoms with Gasteiger partial charge >= 0.3 is 0 Å². The molecule has 0 saturated carbocycles. The molecule has 38 heavy (non-hydrogen) atoms. The molecular formula is C27H26ClF2N3O3S2. The highest BCUT2D eigenvalue weighted by Gasteiger charge is 2.19. The van der Waals surface area contributed by atoms with Crippen LogP contribution in [0.1, 0.15) is 16.7 Å². The molecule has 11 heteroatoms. The summed E-state index contributed by atoms with van der Waals surface area (Å²) < 4.78 is 47.6. The summed E-state index contributed by atoms with van der Waals surface area (Å²) >= 11 is 9.14. The van der Waals surface area contributed by atoms with Gasteiger partial charge in [-0.15, -0.1) is 11.3 Å². The van der Waals surface area contributed by atoms with Crippen molar-refractivity contribution < 1.29 is 23.0 Å². The fourth-order valence-electron chi connectivity index (χ4n) is 3.75. The molecular weight excluding hydrogens is 552 g/mol. The number of benzene rings is 3. The predicted octanol–water partition coefficient (Wildman–Crippen LogP) is 7.56. The lowest BCUT2D eigenvalue weighted by Crippen LogP contribution is -2.15. The molecule has 0 fully saturated rings. The largest absolute Gasteiger partial charge is 0.497 e. The van der Waals surface area contributed by atoms with E-state index in [9.17, 15) is 4.39 Å². The minimum absolute atomic E-state index is 0.124. The van der Waals surface area contributed by atoms with E-state index in [-0.39, 0.29) is 19.0 Å². The van der Waals surface area contributed by atoms with Gasteiger partial charge in [0, 0.05) is 36.2 Å². The zero-order valence-corrected chi connectivity index (χ0v) is 23.4. The maximum absolute atomic E-state index is 15.3. The maximum Gasteiger partial charge on any atom is 0.150 e. The molecule has 1 N–H and O–H groups in total. The van der Waals surface area contributed by atoms with Crippen LogP contribution < -0.4 is 19.1 Å². The number of hydrogen-bond donors (Lipinski definition) is 1. The van der Waals surface area contributed by atoms with E-state index in [2.05, 4.69) is 10.3 Å². The van der Waals surface area contributed by atoms with Crippen molar-refractivity contribution in [2.75, 3.05) is 31.0 Å². The molecule has 0 amide bonds. The summed E-state index contributed by atoms with van der Waals surface area (Å²) in [6.45, 7) is 0.769. The van der Waals surface area contributed by atoms with Crippen molar-refractivity contribution in [3.8, 4) is 11.5 Å². The highest BCUT2D eigenvalue weighted by molar-refractivity contribution is 8.00. The first kappa shape index (κ1) is 28.0. The Morgan fingerprint density at radius 1 is 1.03 bits per heavy atom. The fraction of sp³-hybridized carbons (Fsp3) is 0.222. The molecule has 0 atom stereocenters. The van der Waals surface area contributed by atoms with Crippen LogP contribution in [0.25, 0.3) is 0 Å². The van der Waals surface area contributed by atoms with E-state index in [0.717, 1.165) is 5.56 Å². The monoisotopic (exact) mass is 577 g/mol. The Bertz CT molecular complexity index is 1380. The number of aromatic nitrogens is 1. The van der Waals surface area contributed by atoms with E-state index in [1.807, 2.05) is 21.8 Å². The Labute approximate surface area is 233 Å². The molecule has 0 aliphatic carbocycles. The first-order chi connectivity index (χ1) is 18.4. The summed E-state index contributed by atoms with van der Waals surface area (Å²) in [4.78, 5) is 4.72. The smallest absolute Gasteiger partial charge is 0.150 e. The maximum atomic E-state index is 15.3. The van der Waals surface area contributed by atoms with Crippen LogP contribution in [-0.4, -0.2) is 26.3 Å². The van der Waals surface area contributed by atoms with Gasteiger partial charge in [0.25, 0.3) is 0 Å². The summed E-state index contributed by atoms with van der Waals surface area (Å²) in [5.74, 6) is 1.13. The van der Waals surface area contributed by atoms with Gasteiger partial charge in [-0.1, -0.05) is 23.7 Å². The van der Waals surface area contributed by atoms with Crippen LogP contribution in [0.15, 0.2) is 64.3 Å². The van der Waals surface area contributed by atoms with Crippen LogP contribution in [0.3, 0.4) is 0 Å². The third-order valence-electron chi connectivity index (χ3n) is 5.68. The molecule has 0 aliphatic rings. The normalized spacial score (nSPS) is 10.9. The summed E-state index contributed by atoms with van der Waals surface area (Å²) in [6, 6.07) is 13.2. The van der Waals surface area contributed by atoms with Crippen molar-refractivity contribution in [1.29, 1.82) is 0 Å². The van der Waals surface area contributed by atoms with Crippen LogP contribution in [-0.2, 0) is 24.4 Å². The lowest BCUT2D eigenvalue weighted by molar-refractivity contribution is 0.184. The molecule has 200 valence electrons. The number of nitrogens with one attached hydrogen (secondary N) is 1. The average molecular weight is 578 g/mol. The first-order valence-corrected chi connectivity index (χ1v) is 13.6. The molecule has 0 bridgehead atoms. The van der Waals surface area contributed by atoms with Gasteiger partial charge in [0.2, 0.25) is 0 Å². The molecule has 4 rings (SSSR count). The first-order valence-electron chi connectivity index (χ1n) is 11.5. The summed E-state index contributed by atoms with van der Waals surface area (Å²) in [5.41, 5.74) is 4.09. The molecule has 0 radical (unpaired) electrons. The predicted molar refractivity (Wildman–Crippen MR) is 150 cm³/mol. The fourth-order valence-corrected chi connectivity index (χ4v) is 5.61. The summed E-state index contributed by atoms with van der Waals surface area (Å²) in [5, 5.41) is 5.24. The standard InChI is InChI=1S/C27H26ClF2N3O3S2/c1-34-14-18-5-4-6-22(29)20(18)12-31-24-11-23(30)26(10-21(24)28)38-33(27-15-37-16-32-27)13-17-7-8-19(35-2)9-25(17)36-3/h4-11,15-16,31H,12-14H2,1-3H3. The van der Waals surface area contributed by atoms with Crippen LogP contribution in [0.4, 0.5) is 20.3 Å². The SMILES string of the molecule is COCc1cccc(F)c1CNc1cc(F)c(SN(Cc2ccc(OC)cc2OC)c2cscn2)cc1Cl. The minimum Gasteiger partial charge on any atom is -0.497 e. The Kier molecular flexibility index (Phi) is 9.68. The number of hydrogen-bond acceptors (Lipinski definition) is 8. The number of methoxy groups -OCH3 is 3. The Hall–Kier alpha value is -3.05. The Morgan fingerprint density at radius 3 is 2.58 bits per heavy atom. The number of nitrogens with zero attached hydrogens (tertiary/aromatic N) is 2. The van der Waals surface area contributed by atoms with Crippen molar-refractivity contribution in [3.05, 3.63) is 92.8 Å². The van der Waals surface area contributed by atoms with Crippen molar-refractivity contribution in [2.45, 2.75) is 24.6 Å². The third kappa shape index (κ3) is 6.68. The minimum atomic E-state index is -0.477. The van der Waals surface area contributed by atoms with Crippen molar-refractivity contribution in [3.63, 3.8) is 0 Å². The molecule has 3 aromatic carbocycles. The van der Waals surface area contributed by atoms with Gasteiger partial charge in [-0.3, -0.25) is 4.31 Å². The third-order valence-corrected chi connectivity index (χ3v) is 7.62. The second kappa shape index (κ2) is 13.1. The van der Waals surface area contributed by atoms with Crippen LogP contribution in [0.2, 0.25) is 5.02 Å². The second-order valence-corrected chi connectivity index (χ2v) is 10.3. The van der Waals surface area contributed by atoms with E-state index in [1.165, 1.54) is 35.4 Å². The van der Waals surface area contributed by atoms with Crippen molar-refractivity contribution in [1.82, 2.24) is 4.98 Å². The van der Waals surface area contributed by atoms with Crippen LogP contribution in [0.5, 0.6) is 11.5 Å². The van der Waals surface area contributed by atoms with Gasteiger partial charge < -0.3 is 19.5 Å². The Balaban J connectivity index is 1.56. The van der Waals surface area contributed by atoms with Gasteiger partial charge in [-0.05, 0) is 47.8 Å². The number of rotatable bonds is 12. The quantitative estimate of drug-likeness (QED) is 0.174. The lowest BCUT2D eigenvalue weighted by atomic mass is 10.1. The number of anilines is 2. The molecule has 0 spiro atoms. The molecule has 1 aromatic heterocycles. The van der Waals surface area contributed by atoms with Crippen molar-refractivity contribution >= 4 is 46.4 Å². The Morgan fingerprint density at radius 2 is 1.87 bits per heavy atom. The van der Waals surface area contributed by atoms with Gasteiger partial charge in [0.05, 0.1) is 48.5 Å². The van der Waals surface area contributed by atoms with Crippen molar-refractivity contribution in [2.24, 2.45) is 0 Å². The molecule has 1 heterocycles. The highest BCUT2D eigenvalue weighted by atomic mass is 35.5. The van der Waals surface area contributed by atoms with Crippen LogP contribution >= 0.6 is 34.9 Å². The average Bonchev–Trinajstić information content (AvgIpc) is 3.46.